The van der Waals surface area contributed by atoms with Gasteiger partial charge in [0.1, 0.15) is 11.8 Å². The molecule has 5 heteroatoms. The average Bonchev–Trinajstić information content (AvgIpc) is 2.74. The molecule has 0 aromatic heterocycles. The Hall–Kier alpha value is -3.26. The van der Waals surface area contributed by atoms with E-state index in [1.807, 2.05) is 60.4 Å². The summed E-state index contributed by atoms with van der Waals surface area (Å²) < 4.78 is 5.33. The minimum absolute atomic E-state index is 0.0674. The van der Waals surface area contributed by atoms with E-state index in [0.717, 1.165) is 34.6 Å². The minimum atomic E-state index is -0.590. The van der Waals surface area contributed by atoms with Gasteiger partial charge in [-0.2, -0.15) is 5.26 Å². The molecule has 0 saturated heterocycles. The fourth-order valence-electron chi connectivity index (χ4n) is 4.96. The number of hydrogen-bond acceptors (Lipinski definition) is 4. The van der Waals surface area contributed by atoms with Gasteiger partial charge in [0.25, 0.3) is 0 Å². The van der Waals surface area contributed by atoms with Gasteiger partial charge in [0, 0.05) is 16.8 Å². The van der Waals surface area contributed by atoms with Gasteiger partial charge in [-0.05, 0) is 61.9 Å². The summed E-state index contributed by atoms with van der Waals surface area (Å²) in [6.07, 6.45) is 0.833. The van der Waals surface area contributed by atoms with E-state index in [2.05, 4.69) is 46.0 Å². The van der Waals surface area contributed by atoms with E-state index in [-0.39, 0.29) is 16.9 Å². The van der Waals surface area contributed by atoms with Crippen LogP contribution in [0, 0.1) is 16.7 Å². The van der Waals surface area contributed by atoms with Crippen molar-refractivity contribution in [2.24, 2.45) is 5.41 Å². The van der Waals surface area contributed by atoms with Crippen LogP contribution in [0.15, 0.2) is 54.1 Å². The van der Waals surface area contributed by atoms with Gasteiger partial charge in [-0.15, -0.1) is 0 Å². The summed E-state index contributed by atoms with van der Waals surface area (Å²) in [7, 11) is 1.63. The molecule has 0 spiro atoms. The molecule has 1 amide bonds. The Morgan fingerprint density at radius 2 is 1.76 bits per heavy atom. The molecule has 5 nitrogen and oxygen atoms in total. The number of nitriles is 1. The fourth-order valence-corrected chi connectivity index (χ4v) is 4.96. The highest BCUT2D eigenvalue weighted by molar-refractivity contribution is 5.91. The zero-order valence-corrected chi connectivity index (χ0v) is 20.8. The molecule has 1 aliphatic rings. The number of ether oxygens (including phenoxy) is 1. The molecule has 2 aromatic rings. The van der Waals surface area contributed by atoms with Crippen molar-refractivity contribution in [3.63, 3.8) is 0 Å². The number of rotatable bonds is 6. The Morgan fingerprint density at radius 1 is 1.12 bits per heavy atom. The Morgan fingerprint density at radius 3 is 2.33 bits per heavy atom. The molecule has 0 radical (unpaired) electrons. The van der Waals surface area contributed by atoms with Gasteiger partial charge in [-0.25, -0.2) is 0 Å². The van der Waals surface area contributed by atoms with E-state index in [9.17, 15) is 10.1 Å². The number of anilines is 1. The van der Waals surface area contributed by atoms with Crippen LogP contribution in [0.25, 0.3) is 5.57 Å². The van der Waals surface area contributed by atoms with E-state index in [0.29, 0.717) is 12.1 Å². The lowest BCUT2D eigenvalue weighted by Crippen LogP contribution is -2.51. The fraction of sp³-hybridized carbons (Fsp3) is 0.429. The first-order valence-corrected chi connectivity index (χ1v) is 11.4. The van der Waals surface area contributed by atoms with Gasteiger partial charge < -0.3 is 15.0 Å². The summed E-state index contributed by atoms with van der Waals surface area (Å²) in [5, 5.41) is 13.1. The molecule has 2 aromatic carbocycles. The van der Waals surface area contributed by atoms with Gasteiger partial charge in [-0.3, -0.25) is 4.79 Å². The second-order valence-electron chi connectivity index (χ2n) is 10.6. The minimum Gasteiger partial charge on any atom is -0.497 e. The molecule has 3 rings (SSSR count). The van der Waals surface area contributed by atoms with Crippen molar-refractivity contribution in [1.82, 2.24) is 5.32 Å². The Labute approximate surface area is 198 Å². The van der Waals surface area contributed by atoms with Gasteiger partial charge in [0.2, 0.25) is 5.91 Å². The monoisotopic (exact) mass is 445 g/mol. The molecule has 174 valence electrons. The molecule has 1 unspecified atom stereocenters. The zero-order chi connectivity index (χ0) is 24.4. The maximum absolute atomic E-state index is 13.9. The van der Waals surface area contributed by atoms with Crippen molar-refractivity contribution in [1.29, 1.82) is 5.26 Å². The van der Waals surface area contributed by atoms with E-state index >= 15 is 0 Å². The van der Waals surface area contributed by atoms with Crippen LogP contribution in [0.5, 0.6) is 5.75 Å². The average molecular weight is 446 g/mol. The molecule has 0 saturated carbocycles. The third-order valence-corrected chi connectivity index (χ3v) is 5.96. The van der Waals surface area contributed by atoms with Crippen LogP contribution < -0.4 is 15.0 Å². The van der Waals surface area contributed by atoms with Crippen molar-refractivity contribution in [3.05, 3.63) is 65.2 Å². The molecule has 1 N–H and O–H groups in total. The standard InChI is InChI=1S/C28H35N3O2/c1-19-21(16-29)17-31(24-11-9-8-10-23(19)24)25(20-12-14-22(33-7)15-13-20)26(32)30-28(5,6)18-27(2,3)4/h8-15,25H,17-18H2,1-7H3,(H,30,32). The van der Waals surface area contributed by atoms with E-state index < -0.39 is 6.04 Å². The number of benzene rings is 2. The molecule has 1 heterocycles. The Balaban J connectivity index is 2.08. The second kappa shape index (κ2) is 9.31. The van der Waals surface area contributed by atoms with Gasteiger partial charge in [0.05, 0.1) is 25.3 Å². The molecule has 1 atom stereocenters. The second-order valence-corrected chi connectivity index (χ2v) is 10.6. The summed E-state index contributed by atoms with van der Waals surface area (Å²) in [6.45, 7) is 13.0. The van der Waals surface area contributed by atoms with Gasteiger partial charge >= 0.3 is 0 Å². The summed E-state index contributed by atoms with van der Waals surface area (Å²) in [6, 6.07) is 17.4. The highest BCUT2D eigenvalue weighted by atomic mass is 16.5. The summed E-state index contributed by atoms with van der Waals surface area (Å²) >= 11 is 0. The topological polar surface area (TPSA) is 65.4 Å². The van der Waals surface area contributed by atoms with Crippen molar-refractivity contribution in [3.8, 4) is 11.8 Å². The number of nitrogens with zero attached hydrogens (tertiary/aromatic N) is 2. The number of hydrogen-bond donors (Lipinski definition) is 1. The first kappa shape index (κ1) is 24.4. The number of carbonyl (C=O) groups excluding carboxylic acids is 1. The van der Waals surface area contributed by atoms with Crippen LogP contribution in [-0.2, 0) is 4.79 Å². The number of nitrogens with one attached hydrogen (secondary N) is 1. The largest absolute Gasteiger partial charge is 0.497 e. The van der Waals surface area contributed by atoms with Crippen LogP contribution in [0.1, 0.15) is 65.1 Å². The van der Waals surface area contributed by atoms with Crippen molar-refractivity contribution < 1.29 is 9.53 Å². The van der Waals surface area contributed by atoms with Crippen molar-refractivity contribution >= 4 is 17.2 Å². The summed E-state index contributed by atoms with van der Waals surface area (Å²) in [4.78, 5) is 15.9. The molecular weight excluding hydrogens is 410 g/mol. The third-order valence-electron chi connectivity index (χ3n) is 5.96. The van der Waals surface area contributed by atoms with Gasteiger partial charge in [-0.1, -0.05) is 51.1 Å². The number of carbonyl (C=O) groups is 1. The first-order chi connectivity index (χ1) is 15.5. The zero-order valence-electron chi connectivity index (χ0n) is 20.8. The number of methoxy groups -OCH3 is 1. The molecule has 0 fully saturated rings. The molecule has 0 bridgehead atoms. The number of fused-ring (bicyclic) bond motifs is 1. The Kier molecular flexibility index (Phi) is 6.88. The van der Waals surface area contributed by atoms with Gasteiger partial charge in [0.15, 0.2) is 0 Å². The van der Waals surface area contributed by atoms with Crippen LogP contribution >= 0.6 is 0 Å². The smallest absolute Gasteiger partial charge is 0.247 e. The van der Waals surface area contributed by atoms with Crippen LogP contribution in [-0.4, -0.2) is 25.1 Å². The van der Waals surface area contributed by atoms with E-state index in [4.69, 9.17) is 4.74 Å². The highest BCUT2D eigenvalue weighted by Crippen LogP contribution is 2.40. The SMILES string of the molecule is COc1ccc(C(C(=O)NC(C)(C)CC(C)(C)C)N2CC(C#N)=C(C)c3ccccc32)cc1. The predicted molar refractivity (Wildman–Crippen MR) is 134 cm³/mol. The summed E-state index contributed by atoms with van der Waals surface area (Å²) in [5.74, 6) is 0.652. The highest BCUT2D eigenvalue weighted by Gasteiger charge is 2.36. The first-order valence-electron chi connectivity index (χ1n) is 11.4. The number of allylic oxidation sites excluding steroid dienone is 1. The predicted octanol–water partition coefficient (Wildman–Crippen LogP) is 5.88. The van der Waals surface area contributed by atoms with Crippen LogP contribution in [0.4, 0.5) is 5.69 Å². The lowest BCUT2D eigenvalue weighted by molar-refractivity contribution is -0.124. The summed E-state index contributed by atoms with van der Waals surface area (Å²) in [5.41, 5.74) is 4.11. The molecular formula is C28H35N3O2. The normalized spacial score (nSPS) is 14.9. The van der Waals surface area contributed by atoms with E-state index in [1.54, 1.807) is 7.11 Å². The number of amides is 1. The Bertz CT molecular complexity index is 1090. The molecule has 0 aliphatic carbocycles. The molecule has 33 heavy (non-hydrogen) atoms. The molecule has 1 aliphatic heterocycles. The van der Waals surface area contributed by atoms with Crippen LogP contribution in [0.3, 0.4) is 0 Å². The third kappa shape index (κ3) is 5.57. The van der Waals surface area contributed by atoms with Crippen molar-refractivity contribution in [2.75, 3.05) is 18.6 Å². The number of para-hydroxylation sites is 1. The van der Waals surface area contributed by atoms with Crippen molar-refractivity contribution in [2.45, 2.75) is 59.5 Å². The maximum Gasteiger partial charge on any atom is 0.247 e. The lowest BCUT2D eigenvalue weighted by Gasteiger charge is -2.40. The lowest BCUT2D eigenvalue weighted by atomic mass is 9.81. The maximum atomic E-state index is 13.9. The quantitative estimate of drug-likeness (QED) is 0.603. The van der Waals surface area contributed by atoms with Crippen LogP contribution in [0.2, 0.25) is 0 Å². The van der Waals surface area contributed by atoms with E-state index in [1.165, 1.54) is 0 Å².